The van der Waals surface area contributed by atoms with Gasteiger partial charge in [0.1, 0.15) is 0 Å². The molecule has 0 aromatic carbocycles. The molecule has 2 atom stereocenters. The molecule has 1 saturated heterocycles. The lowest BCUT2D eigenvalue weighted by Gasteiger charge is -2.09. The van der Waals surface area contributed by atoms with E-state index in [1.54, 1.807) is 0 Å². The van der Waals surface area contributed by atoms with Crippen LogP contribution in [0.5, 0.6) is 0 Å². The van der Waals surface area contributed by atoms with E-state index in [2.05, 4.69) is 4.90 Å². The van der Waals surface area contributed by atoms with Crippen molar-refractivity contribution >= 4 is 18.4 Å². The van der Waals surface area contributed by atoms with Crippen LogP contribution in [0.3, 0.4) is 0 Å². The molecule has 2 rings (SSSR count). The Morgan fingerprint density at radius 3 is 2.27 bits per heavy atom. The maximum atomic E-state index is 10.5. The molecule has 2 unspecified atom stereocenters. The van der Waals surface area contributed by atoms with Gasteiger partial charge < -0.3 is 10.0 Å². The Bertz CT molecular complexity index is 173. The van der Waals surface area contributed by atoms with E-state index in [0.717, 1.165) is 13.1 Å². The van der Waals surface area contributed by atoms with Gasteiger partial charge in [0.15, 0.2) is 0 Å². The normalized spacial score (nSPS) is 41.0. The molecular formula is C7H12ClNO2. The van der Waals surface area contributed by atoms with Gasteiger partial charge in [0.2, 0.25) is 0 Å². The summed E-state index contributed by atoms with van der Waals surface area (Å²) in [5.41, 5.74) is 0. The van der Waals surface area contributed by atoms with Crippen molar-refractivity contribution in [3.8, 4) is 0 Å². The van der Waals surface area contributed by atoms with Gasteiger partial charge >= 0.3 is 5.97 Å². The molecule has 0 aromatic rings. The number of piperidine rings is 1. The molecular weight excluding hydrogens is 166 g/mol. The third kappa shape index (κ3) is 1.23. The fourth-order valence-electron chi connectivity index (χ4n) is 2.10. The van der Waals surface area contributed by atoms with Crippen molar-refractivity contribution in [1.82, 2.24) is 4.90 Å². The molecule has 1 saturated carbocycles. The summed E-state index contributed by atoms with van der Waals surface area (Å²) in [5, 5.41) is 8.63. The molecule has 0 aromatic heterocycles. The molecule has 1 N–H and O–H groups in total. The van der Waals surface area contributed by atoms with Crippen molar-refractivity contribution in [2.45, 2.75) is 0 Å². The summed E-state index contributed by atoms with van der Waals surface area (Å²) in [7, 11) is 2.05. The minimum absolute atomic E-state index is 0. The zero-order valence-corrected chi connectivity index (χ0v) is 7.17. The summed E-state index contributed by atoms with van der Waals surface area (Å²) in [4.78, 5) is 12.7. The second-order valence-corrected chi connectivity index (χ2v) is 3.41. The molecule has 0 spiro atoms. The highest BCUT2D eigenvalue weighted by atomic mass is 35.5. The van der Waals surface area contributed by atoms with Crippen LogP contribution in [0.25, 0.3) is 0 Å². The average molecular weight is 178 g/mol. The van der Waals surface area contributed by atoms with E-state index in [1.807, 2.05) is 7.05 Å². The number of halogens is 1. The van der Waals surface area contributed by atoms with Crippen molar-refractivity contribution in [3.05, 3.63) is 0 Å². The van der Waals surface area contributed by atoms with Gasteiger partial charge in [-0.15, -0.1) is 12.4 Å². The average Bonchev–Trinajstić information content (AvgIpc) is 2.32. The highest BCUT2D eigenvalue weighted by molar-refractivity contribution is 5.85. The van der Waals surface area contributed by atoms with E-state index in [4.69, 9.17) is 5.11 Å². The molecule has 64 valence electrons. The molecule has 2 aliphatic rings. The van der Waals surface area contributed by atoms with Crippen LogP contribution in [0.1, 0.15) is 0 Å². The van der Waals surface area contributed by atoms with E-state index >= 15 is 0 Å². The first kappa shape index (κ1) is 8.81. The number of likely N-dealkylation sites (tertiary alicyclic amines) is 1. The Hall–Kier alpha value is -0.280. The summed E-state index contributed by atoms with van der Waals surface area (Å²) >= 11 is 0. The summed E-state index contributed by atoms with van der Waals surface area (Å²) in [6.45, 7) is 1.98. The van der Waals surface area contributed by atoms with E-state index in [-0.39, 0.29) is 18.3 Å². The number of rotatable bonds is 1. The molecule has 11 heavy (non-hydrogen) atoms. The van der Waals surface area contributed by atoms with Gasteiger partial charge in [0, 0.05) is 13.1 Å². The molecule has 0 bridgehead atoms. The largest absolute Gasteiger partial charge is 0.481 e. The number of hydrogen-bond acceptors (Lipinski definition) is 2. The van der Waals surface area contributed by atoms with Gasteiger partial charge in [-0.3, -0.25) is 4.79 Å². The number of carboxylic acids is 1. The molecule has 0 amide bonds. The number of nitrogens with zero attached hydrogens (tertiary/aromatic N) is 1. The van der Waals surface area contributed by atoms with Crippen LogP contribution < -0.4 is 0 Å². The third-order valence-electron chi connectivity index (χ3n) is 2.66. The van der Waals surface area contributed by atoms with Crippen LogP contribution in [-0.4, -0.2) is 36.1 Å². The van der Waals surface area contributed by atoms with Crippen molar-refractivity contribution in [2.75, 3.05) is 20.1 Å². The van der Waals surface area contributed by atoms with Gasteiger partial charge in [-0.05, 0) is 18.9 Å². The Kier molecular flexibility index (Phi) is 2.12. The quantitative estimate of drug-likeness (QED) is 0.627. The van der Waals surface area contributed by atoms with Crippen LogP contribution in [0.15, 0.2) is 0 Å². The summed E-state index contributed by atoms with van der Waals surface area (Å²) in [6, 6.07) is 0. The minimum Gasteiger partial charge on any atom is -0.481 e. The van der Waals surface area contributed by atoms with E-state index in [1.165, 1.54) is 0 Å². The van der Waals surface area contributed by atoms with Gasteiger partial charge in [-0.2, -0.15) is 0 Å². The second kappa shape index (κ2) is 2.64. The standard InChI is InChI=1S/C7H11NO2.ClH/c1-8-2-4-5(3-8)6(4)7(9)10;/h4-6H,2-3H2,1H3,(H,9,10);1H. The third-order valence-corrected chi connectivity index (χ3v) is 2.66. The maximum Gasteiger partial charge on any atom is 0.307 e. The predicted molar refractivity (Wildman–Crippen MR) is 42.9 cm³/mol. The lowest BCUT2D eigenvalue weighted by molar-refractivity contribution is -0.139. The van der Waals surface area contributed by atoms with Gasteiger partial charge in [0.25, 0.3) is 0 Å². The zero-order chi connectivity index (χ0) is 7.30. The van der Waals surface area contributed by atoms with Crippen LogP contribution >= 0.6 is 12.4 Å². The van der Waals surface area contributed by atoms with Crippen LogP contribution in [0, 0.1) is 17.8 Å². The molecule has 1 aliphatic heterocycles. The molecule has 2 fully saturated rings. The van der Waals surface area contributed by atoms with Crippen LogP contribution in [0.4, 0.5) is 0 Å². The molecule has 4 heteroatoms. The van der Waals surface area contributed by atoms with E-state index in [9.17, 15) is 4.79 Å². The van der Waals surface area contributed by atoms with E-state index in [0.29, 0.717) is 11.8 Å². The Morgan fingerprint density at radius 2 is 1.91 bits per heavy atom. The molecule has 1 heterocycles. The Labute approximate surface area is 71.8 Å². The predicted octanol–water partition coefficient (Wildman–Crippen LogP) is 0.300. The van der Waals surface area contributed by atoms with Gasteiger partial charge in [0.05, 0.1) is 5.92 Å². The summed E-state index contributed by atoms with van der Waals surface area (Å²) in [6.07, 6.45) is 0. The number of carbonyl (C=O) groups is 1. The molecule has 0 radical (unpaired) electrons. The first-order valence-electron chi connectivity index (χ1n) is 3.61. The maximum absolute atomic E-state index is 10.5. The van der Waals surface area contributed by atoms with Gasteiger partial charge in [-0.1, -0.05) is 0 Å². The van der Waals surface area contributed by atoms with Crippen LogP contribution in [0.2, 0.25) is 0 Å². The van der Waals surface area contributed by atoms with Crippen molar-refractivity contribution in [3.63, 3.8) is 0 Å². The fraction of sp³-hybridized carbons (Fsp3) is 0.857. The van der Waals surface area contributed by atoms with Crippen LogP contribution in [-0.2, 0) is 4.79 Å². The SMILES string of the molecule is CN1CC2C(C1)C2C(=O)O.Cl. The summed E-state index contributed by atoms with van der Waals surface area (Å²) in [5.74, 6) is 0.351. The lowest BCUT2D eigenvalue weighted by Crippen LogP contribution is -2.21. The van der Waals surface area contributed by atoms with Crippen molar-refractivity contribution < 1.29 is 9.90 Å². The monoisotopic (exact) mass is 177 g/mol. The summed E-state index contributed by atoms with van der Waals surface area (Å²) < 4.78 is 0. The minimum atomic E-state index is -0.594. The number of hydrogen-bond donors (Lipinski definition) is 1. The molecule has 3 nitrogen and oxygen atoms in total. The number of carboxylic acid groups (broad SMARTS) is 1. The lowest BCUT2D eigenvalue weighted by atomic mass is 10.3. The first-order valence-corrected chi connectivity index (χ1v) is 3.61. The smallest absolute Gasteiger partial charge is 0.307 e. The van der Waals surface area contributed by atoms with Crippen molar-refractivity contribution in [2.24, 2.45) is 17.8 Å². The second-order valence-electron chi connectivity index (χ2n) is 3.41. The van der Waals surface area contributed by atoms with Gasteiger partial charge in [-0.25, -0.2) is 0 Å². The topological polar surface area (TPSA) is 40.5 Å². The zero-order valence-electron chi connectivity index (χ0n) is 6.36. The Balaban J connectivity index is 0.000000605. The number of aliphatic carboxylic acids is 1. The van der Waals surface area contributed by atoms with Crippen molar-refractivity contribution in [1.29, 1.82) is 0 Å². The fourth-order valence-corrected chi connectivity index (χ4v) is 2.10. The van der Waals surface area contributed by atoms with E-state index < -0.39 is 5.97 Å². The highest BCUT2D eigenvalue weighted by Gasteiger charge is 2.58. The Morgan fingerprint density at radius 1 is 1.45 bits per heavy atom. The first-order chi connectivity index (χ1) is 4.70. The molecule has 1 aliphatic carbocycles. The number of fused-ring (bicyclic) bond motifs is 1. The highest BCUT2D eigenvalue weighted by Crippen LogP contribution is 2.51.